The Morgan fingerprint density at radius 2 is 1.57 bits per heavy atom. The van der Waals surface area contributed by atoms with Crippen LogP contribution in [0.3, 0.4) is 0 Å². The standard InChI is InChI=1S/2C7H14/c1-6(2)7(3)4-5-7;1-6(2)5-7-3-4-7/h6H,4-5H2,1-3H3;6-7H,3-5H2,1-2H3. The van der Waals surface area contributed by atoms with Crippen LogP contribution in [0.4, 0.5) is 0 Å². The van der Waals surface area contributed by atoms with Crippen molar-refractivity contribution >= 4 is 0 Å². The van der Waals surface area contributed by atoms with Crippen LogP contribution in [-0.2, 0) is 0 Å². The molecule has 0 amide bonds. The molecular weight excluding hydrogens is 168 g/mol. The van der Waals surface area contributed by atoms with E-state index < -0.39 is 0 Å². The van der Waals surface area contributed by atoms with Crippen LogP contribution in [0.2, 0.25) is 0 Å². The van der Waals surface area contributed by atoms with Gasteiger partial charge >= 0.3 is 0 Å². The Kier molecular flexibility index (Phi) is 4.04. The smallest absolute Gasteiger partial charge is 0.0302 e. The molecule has 0 aromatic rings. The van der Waals surface area contributed by atoms with Crippen molar-refractivity contribution < 1.29 is 0 Å². The summed E-state index contributed by atoms with van der Waals surface area (Å²) in [7, 11) is 0. The lowest BCUT2D eigenvalue weighted by Crippen LogP contribution is -2.01. The molecule has 0 aliphatic heterocycles. The lowest BCUT2D eigenvalue weighted by molar-refractivity contribution is 0.397. The first kappa shape index (κ1) is 12.1. The second kappa shape index (κ2) is 4.68. The molecule has 0 unspecified atom stereocenters. The summed E-state index contributed by atoms with van der Waals surface area (Å²) in [6.45, 7) is 11.6. The van der Waals surface area contributed by atoms with Crippen molar-refractivity contribution in [3.63, 3.8) is 0 Å². The molecule has 0 heteroatoms. The fourth-order valence-corrected chi connectivity index (χ4v) is 1.79. The van der Waals surface area contributed by atoms with E-state index in [2.05, 4.69) is 34.6 Å². The maximum atomic E-state index is 2.37. The van der Waals surface area contributed by atoms with Crippen LogP contribution in [0.5, 0.6) is 0 Å². The van der Waals surface area contributed by atoms with Crippen molar-refractivity contribution in [2.75, 3.05) is 0 Å². The second-order valence-corrected chi connectivity index (χ2v) is 6.38. The molecule has 0 bridgehead atoms. The van der Waals surface area contributed by atoms with E-state index in [-0.39, 0.29) is 0 Å². The van der Waals surface area contributed by atoms with Crippen LogP contribution >= 0.6 is 0 Å². The molecule has 2 fully saturated rings. The monoisotopic (exact) mass is 196 g/mol. The van der Waals surface area contributed by atoms with E-state index in [1.807, 2.05) is 0 Å². The van der Waals surface area contributed by atoms with Crippen molar-refractivity contribution in [2.24, 2.45) is 23.2 Å². The van der Waals surface area contributed by atoms with Crippen LogP contribution in [-0.4, -0.2) is 0 Å². The summed E-state index contributed by atoms with van der Waals surface area (Å²) in [6, 6.07) is 0. The number of hydrogen-bond acceptors (Lipinski definition) is 0. The predicted octanol–water partition coefficient (Wildman–Crippen LogP) is 4.89. The molecule has 0 N–H and O–H groups in total. The normalized spacial score (nSPS) is 23.4. The van der Waals surface area contributed by atoms with Gasteiger partial charge < -0.3 is 0 Å². The lowest BCUT2D eigenvalue weighted by Gasteiger charge is -2.10. The lowest BCUT2D eigenvalue weighted by atomic mass is 9.95. The topological polar surface area (TPSA) is 0 Å². The van der Waals surface area contributed by atoms with Gasteiger partial charge in [-0.1, -0.05) is 47.5 Å². The zero-order valence-electron chi connectivity index (χ0n) is 10.8. The van der Waals surface area contributed by atoms with Crippen LogP contribution in [0, 0.1) is 23.2 Å². The minimum atomic E-state index is 0.750. The largest absolute Gasteiger partial charge is 0.0628 e. The Balaban J connectivity index is 0.000000140. The third-order valence-corrected chi connectivity index (χ3v) is 3.93. The fraction of sp³-hybridized carbons (Fsp3) is 1.00. The van der Waals surface area contributed by atoms with Gasteiger partial charge in [-0.3, -0.25) is 0 Å². The summed E-state index contributed by atoms with van der Waals surface area (Å²) in [5.41, 5.74) is 0.750. The average Bonchev–Trinajstić information content (AvgIpc) is 2.89. The molecule has 0 spiro atoms. The van der Waals surface area contributed by atoms with Crippen molar-refractivity contribution in [1.29, 1.82) is 0 Å². The predicted molar refractivity (Wildman–Crippen MR) is 64.4 cm³/mol. The maximum absolute atomic E-state index is 2.37. The average molecular weight is 196 g/mol. The van der Waals surface area contributed by atoms with Crippen molar-refractivity contribution in [3.05, 3.63) is 0 Å². The zero-order chi connectivity index (χ0) is 10.8. The highest BCUT2D eigenvalue weighted by atomic mass is 14.4. The molecule has 84 valence electrons. The van der Waals surface area contributed by atoms with Gasteiger partial charge in [-0.05, 0) is 42.4 Å². The Morgan fingerprint density at radius 3 is 1.64 bits per heavy atom. The summed E-state index contributed by atoms with van der Waals surface area (Å²) in [4.78, 5) is 0. The summed E-state index contributed by atoms with van der Waals surface area (Å²) in [6.07, 6.45) is 7.42. The fourth-order valence-electron chi connectivity index (χ4n) is 1.79. The Morgan fingerprint density at radius 1 is 1.07 bits per heavy atom. The molecule has 2 saturated carbocycles. The van der Waals surface area contributed by atoms with Crippen LogP contribution in [0.15, 0.2) is 0 Å². The molecule has 0 saturated heterocycles. The molecule has 0 nitrogen and oxygen atoms in total. The van der Waals surface area contributed by atoms with Gasteiger partial charge in [-0.25, -0.2) is 0 Å². The maximum Gasteiger partial charge on any atom is -0.0302 e. The summed E-state index contributed by atoms with van der Waals surface area (Å²) >= 11 is 0. The molecule has 2 aliphatic rings. The van der Waals surface area contributed by atoms with Gasteiger partial charge in [0.1, 0.15) is 0 Å². The van der Waals surface area contributed by atoms with Crippen molar-refractivity contribution in [2.45, 2.75) is 66.7 Å². The SMILES string of the molecule is CC(C)C1(C)CC1.CC(C)CC1CC1. The number of hydrogen-bond donors (Lipinski definition) is 0. The summed E-state index contributed by atoms with van der Waals surface area (Å²) < 4.78 is 0. The summed E-state index contributed by atoms with van der Waals surface area (Å²) in [5, 5.41) is 0. The quantitative estimate of drug-likeness (QED) is 0.603. The minimum Gasteiger partial charge on any atom is -0.0628 e. The van der Waals surface area contributed by atoms with Gasteiger partial charge in [0.2, 0.25) is 0 Å². The Labute approximate surface area is 90.5 Å². The van der Waals surface area contributed by atoms with E-state index >= 15 is 0 Å². The van der Waals surface area contributed by atoms with E-state index in [0.717, 1.165) is 23.2 Å². The minimum absolute atomic E-state index is 0.750. The van der Waals surface area contributed by atoms with Gasteiger partial charge in [-0.15, -0.1) is 0 Å². The van der Waals surface area contributed by atoms with Gasteiger partial charge in [0.25, 0.3) is 0 Å². The first-order valence-corrected chi connectivity index (χ1v) is 6.44. The molecular formula is C14H28. The summed E-state index contributed by atoms with van der Waals surface area (Å²) in [5.74, 6) is 2.97. The van der Waals surface area contributed by atoms with E-state index in [4.69, 9.17) is 0 Å². The van der Waals surface area contributed by atoms with Gasteiger partial charge in [0, 0.05) is 0 Å². The Hall–Kier alpha value is 0. The molecule has 0 atom stereocenters. The molecule has 2 rings (SSSR count). The van der Waals surface area contributed by atoms with E-state index in [1.54, 1.807) is 0 Å². The van der Waals surface area contributed by atoms with Crippen LogP contribution in [0.1, 0.15) is 66.7 Å². The van der Waals surface area contributed by atoms with Crippen molar-refractivity contribution in [1.82, 2.24) is 0 Å². The highest BCUT2D eigenvalue weighted by molar-refractivity contribution is 4.90. The van der Waals surface area contributed by atoms with Crippen molar-refractivity contribution in [3.8, 4) is 0 Å². The van der Waals surface area contributed by atoms with E-state index in [9.17, 15) is 0 Å². The molecule has 2 aliphatic carbocycles. The molecule has 0 aromatic carbocycles. The van der Waals surface area contributed by atoms with E-state index in [0.29, 0.717) is 0 Å². The Bertz CT molecular complexity index is 159. The van der Waals surface area contributed by atoms with E-state index in [1.165, 1.54) is 32.1 Å². The number of rotatable bonds is 3. The first-order chi connectivity index (χ1) is 6.44. The third kappa shape index (κ3) is 4.48. The van der Waals surface area contributed by atoms with Gasteiger partial charge in [0.15, 0.2) is 0 Å². The molecule has 0 radical (unpaired) electrons. The second-order valence-electron chi connectivity index (χ2n) is 6.38. The third-order valence-electron chi connectivity index (χ3n) is 3.93. The van der Waals surface area contributed by atoms with Gasteiger partial charge in [0.05, 0.1) is 0 Å². The first-order valence-electron chi connectivity index (χ1n) is 6.44. The van der Waals surface area contributed by atoms with Crippen LogP contribution < -0.4 is 0 Å². The molecule has 0 aromatic heterocycles. The van der Waals surface area contributed by atoms with Crippen LogP contribution in [0.25, 0.3) is 0 Å². The zero-order valence-corrected chi connectivity index (χ0v) is 10.8. The molecule has 0 heterocycles. The highest BCUT2D eigenvalue weighted by Crippen LogP contribution is 2.50. The highest BCUT2D eigenvalue weighted by Gasteiger charge is 2.39. The van der Waals surface area contributed by atoms with Gasteiger partial charge in [-0.2, -0.15) is 0 Å². The molecule has 14 heavy (non-hydrogen) atoms.